The summed E-state index contributed by atoms with van der Waals surface area (Å²) in [7, 11) is 0. The fraction of sp³-hybridized carbons (Fsp3) is 0.778. The number of ketones is 1. The highest BCUT2D eigenvalue weighted by Gasteiger charge is 2.32. The Labute approximate surface area is 71.7 Å². The van der Waals surface area contributed by atoms with Crippen molar-refractivity contribution in [2.75, 3.05) is 6.54 Å². The van der Waals surface area contributed by atoms with Gasteiger partial charge in [-0.1, -0.05) is 0 Å². The second-order valence-corrected chi connectivity index (χ2v) is 3.63. The molecule has 0 unspecified atom stereocenters. The number of rotatable bonds is 0. The van der Waals surface area contributed by atoms with Crippen molar-refractivity contribution in [1.82, 2.24) is 4.90 Å². The molecule has 3 heteroatoms. The molecule has 2 heterocycles. The molecule has 1 amide bonds. The molecule has 0 aliphatic carbocycles. The predicted octanol–water partition coefficient (Wildman–Crippen LogP) is 0.730. The second-order valence-electron chi connectivity index (χ2n) is 3.63. The van der Waals surface area contributed by atoms with E-state index in [1.165, 1.54) is 0 Å². The fourth-order valence-electron chi connectivity index (χ4n) is 2.12. The van der Waals surface area contributed by atoms with Crippen molar-refractivity contribution < 1.29 is 9.59 Å². The normalized spacial score (nSPS) is 30.3. The number of hydrogen-bond donors (Lipinski definition) is 0. The fourth-order valence-corrected chi connectivity index (χ4v) is 2.12. The first kappa shape index (κ1) is 7.77. The van der Waals surface area contributed by atoms with Crippen molar-refractivity contribution in [3.05, 3.63) is 0 Å². The van der Waals surface area contributed by atoms with Crippen molar-refractivity contribution in [1.29, 1.82) is 0 Å². The zero-order valence-corrected chi connectivity index (χ0v) is 7.08. The van der Waals surface area contributed by atoms with Gasteiger partial charge in [0.05, 0.1) is 0 Å². The van der Waals surface area contributed by atoms with E-state index < -0.39 is 0 Å². The first-order valence-electron chi connectivity index (χ1n) is 4.58. The number of amides is 1. The summed E-state index contributed by atoms with van der Waals surface area (Å²) in [6.07, 6.45) is 3.85. The van der Waals surface area contributed by atoms with E-state index in [4.69, 9.17) is 0 Å². The SMILES string of the molecule is O=C1CCN2C(=O)CCC[C@@H]2C1. The maximum Gasteiger partial charge on any atom is 0.222 e. The van der Waals surface area contributed by atoms with Crippen molar-refractivity contribution in [3.8, 4) is 0 Å². The van der Waals surface area contributed by atoms with Crippen LogP contribution in [0.2, 0.25) is 0 Å². The summed E-state index contributed by atoms with van der Waals surface area (Å²) in [5, 5.41) is 0. The van der Waals surface area contributed by atoms with Crippen LogP contribution in [-0.4, -0.2) is 29.2 Å². The smallest absolute Gasteiger partial charge is 0.222 e. The molecule has 2 saturated heterocycles. The van der Waals surface area contributed by atoms with Crippen LogP contribution >= 0.6 is 0 Å². The Bertz CT molecular complexity index is 225. The van der Waals surface area contributed by atoms with Gasteiger partial charge in [0.2, 0.25) is 5.91 Å². The Kier molecular flexibility index (Phi) is 1.87. The van der Waals surface area contributed by atoms with E-state index >= 15 is 0 Å². The molecule has 0 aromatic carbocycles. The zero-order chi connectivity index (χ0) is 8.55. The van der Waals surface area contributed by atoms with Crippen molar-refractivity contribution >= 4 is 11.7 Å². The lowest BCUT2D eigenvalue weighted by Gasteiger charge is -2.38. The van der Waals surface area contributed by atoms with Crippen LogP contribution in [0, 0.1) is 0 Å². The van der Waals surface area contributed by atoms with E-state index in [0.717, 1.165) is 12.8 Å². The largest absolute Gasteiger partial charge is 0.339 e. The molecule has 3 nitrogen and oxygen atoms in total. The van der Waals surface area contributed by atoms with Crippen LogP contribution in [0.1, 0.15) is 32.1 Å². The van der Waals surface area contributed by atoms with Crippen LogP contribution in [0.5, 0.6) is 0 Å². The number of hydrogen-bond acceptors (Lipinski definition) is 2. The molecule has 0 saturated carbocycles. The van der Waals surface area contributed by atoms with Gasteiger partial charge < -0.3 is 4.90 Å². The average molecular weight is 167 g/mol. The highest BCUT2D eigenvalue weighted by Crippen LogP contribution is 2.24. The Hall–Kier alpha value is -0.860. The molecule has 2 rings (SSSR count). The predicted molar refractivity (Wildman–Crippen MR) is 43.6 cm³/mol. The molecule has 0 radical (unpaired) electrons. The van der Waals surface area contributed by atoms with Crippen LogP contribution < -0.4 is 0 Å². The Morgan fingerprint density at radius 2 is 2.08 bits per heavy atom. The van der Waals surface area contributed by atoms with Crippen LogP contribution in [-0.2, 0) is 9.59 Å². The van der Waals surface area contributed by atoms with Gasteiger partial charge in [-0.3, -0.25) is 9.59 Å². The molecular formula is C9H13NO2. The number of piperidine rings is 2. The standard InChI is InChI=1S/C9H13NO2/c11-8-4-5-10-7(6-8)2-1-3-9(10)12/h7H,1-6H2/t7-/m1/s1. The third-order valence-corrected chi connectivity index (χ3v) is 2.78. The molecule has 2 fully saturated rings. The van der Waals surface area contributed by atoms with Gasteiger partial charge in [-0.05, 0) is 12.8 Å². The molecule has 0 aromatic heterocycles. The highest BCUT2D eigenvalue weighted by atomic mass is 16.2. The van der Waals surface area contributed by atoms with Gasteiger partial charge in [0, 0.05) is 31.8 Å². The van der Waals surface area contributed by atoms with Crippen LogP contribution in [0.25, 0.3) is 0 Å². The quantitative estimate of drug-likeness (QED) is 0.533. The number of carbonyl (C=O) groups is 2. The number of nitrogens with zero attached hydrogens (tertiary/aromatic N) is 1. The number of carbonyl (C=O) groups excluding carboxylic acids is 2. The molecular weight excluding hydrogens is 154 g/mol. The molecule has 0 spiro atoms. The van der Waals surface area contributed by atoms with E-state index in [0.29, 0.717) is 31.6 Å². The van der Waals surface area contributed by atoms with Crippen molar-refractivity contribution in [2.45, 2.75) is 38.1 Å². The van der Waals surface area contributed by atoms with Crippen LogP contribution in [0.15, 0.2) is 0 Å². The third-order valence-electron chi connectivity index (χ3n) is 2.78. The van der Waals surface area contributed by atoms with Crippen molar-refractivity contribution in [3.63, 3.8) is 0 Å². The monoisotopic (exact) mass is 167 g/mol. The van der Waals surface area contributed by atoms with Gasteiger partial charge in [0.1, 0.15) is 5.78 Å². The maximum atomic E-state index is 11.3. The summed E-state index contributed by atoms with van der Waals surface area (Å²) in [4.78, 5) is 24.3. The van der Waals surface area contributed by atoms with Gasteiger partial charge in [-0.25, -0.2) is 0 Å². The molecule has 66 valence electrons. The van der Waals surface area contributed by atoms with E-state index in [1.54, 1.807) is 0 Å². The summed E-state index contributed by atoms with van der Waals surface area (Å²) in [5.41, 5.74) is 0. The summed E-state index contributed by atoms with van der Waals surface area (Å²) in [6.45, 7) is 0.669. The van der Waals surface area contributed by atoms with Crippen molar-refractivity contribution in [2.24, 2.45) is 0 Å². The van der Waals surface area contributed by atoms with Gasteiger partial charge in [0.15, 0.2) is 0 Å². The zero-order valence-electron chi connectivity index (χ0n) is 7.08. The van der Waals surface area contributed by atoms with Gasteiger partial charge in [-0.2, -0.15) is 0 Å². The van der Waals surface area contributed by atoms with Gasteiger partial charge in [0.25, 0.3) is 0 Å². The molecule has 0 N–H and O–H groups in total. The van der Waals surface area contributed by atoms with E-state index in [9.17, 15) is 9.59 Å². The lowest BCUT2D eigenvalue weighted by atomic mass is 9.92. The topological polar surface area (TPSA) is 37.4 Å². The molecule has 0 aromatic rings. The minimum absolute atomic E-state index is 0.243. The van der Waals surface area contributed by atoms with E-state index in [1.807, 2.05) is 4.90 Å². The number of Topliss-reactive ketones (excluding diaryl/α,β-unsaturated/α-hetero) is 1. The molecule has 1 atom stereocenters. The molecule has 0 bridgehead atoms. The Balaban J connectivity index is 2.09. The lowest BCUT2D eigenvalue weighted by molar-refractivity contribution is -0.140. The van der Waals surface area contributed by atoms with Gasteiger partial charge >= 0.3 is 0 Å². The summed E-state index contributed by atoms with van der Waals surface area (Å²) in [6, 6.07) is 0.243. The molecule has 2 aliphatic rings. The minimum atomic E-state index is 0.243. The first-order chi connectivity index (χ1) is 5.77. The van der Waals surface area contributed by atoms with Crippen LogP contribution in [0.3, 0.4) is 0 Å². The summed E-state index contributed by atoms with van der Waals surface area (Å²) in [5.74, 6) is 0.574. The number of fused-ring (bicyclic) bond motifs is 1. The van der Waals surface area contributed by atoms with E-state index in [2.05, 4.69) is 0 Å². The Morgan fingerprint density at radius 3 is 2.92 bits per heavy atom. The van der Waals surface area contributed by atoms with Crippen LogP contribution in [0.4, 0.5) is 0 Å². The average Bonchev–Trinajstić information content (AvgIpc) is 2.04. The second kappa shape index (κ2) is 2.88. The first-order valence-corrected chi connectivity index (χ1v) is 4.58. The lowest BCUT2D eigenvalue weighted by Crippen LogP contribution is -2.48. The third kappa shape index (κ3) is 1.24. The molecule has 2 aliphatic heterocycles. The summed E-state index contributed by atoms with van der Waals surface area (Å²) < 4.78 is 0. The molecule has 12 heavy (non-hydrogen) atoms. The Morgan fingerprint density at radius 1 is 1.25 bits per heavy atom. The maximum absolute atomic E-state index is 11.3. The minimum Gasteiger partial charge on any atom is -0.339 e. The van der Waals surface area contributed by atoms with Gasteiger partial charge in [-0.15, -0.1) is 0 Å². The van der Waals surface area contributed by atoms with E-state index in [-0.39, 0.29) is 11.9 Å². The highest BCUT2D eigenvalue weighted by molar-refractivity contribution is 5.84. The summed E-state index contributed by atoms with van der Waals surface area (Å²) >= 11 is 0.